The van der Waals surface area contributed by atoms with E-state index in [1.165, 1.54) is 0 Å². The zero-order valence-corrected chi connectivity index (χ0v) is 11.8. The molecule has 2 heterocycles. The third kappa shape index (κ3) is 3.95. The monoisotopic (exact) mass is 291 g/mol. The summed E-state index contributed by atoms with van der Waals surface area (Å²) in [5, 5.41) is 18.0. The van der Waals surface area contributed by atoms with Gasteiger partial charge >= 0.3 is 5.97 Å². The minimum atomic E-state index is -0.882. The second-order valence-corrected chi connectivity index (χ2v) is 4.99. The minimum Gasteiger partial charge on any atom is -0.481 e. The predicted octanol–water partition coefficient (Wildman–Crippen LogP) is 1.82. The standard InChI is InChI=1S/C14H17N3O4/c1-8(5-13(18)19)7-15-14(20)11-6-10(16-17-11)12-4-3-9(2)21-12/h3-4,6,8H,5,7H2,1-2H3,(H,15,20)(H,16,17)(H,18,19). The van der Waals surface area contributed by atoms with E-state index in [4.69, 9.17) is 9.52 Å². The van der Waals surface area contributed by atoms with E-state index in [-0.39, 0.29) is 30.5 Å². The number of rotatable bonds is 6. The molecule has 0 radical (unpaired) electrons. The topological polar surface area (TPSA) is 108 Å². The molecule has 21 heavy (non-hydrogen) atoms. The Bertz CT molecular complexity index is 644. The number of aliphatic carboxylic acids is 1. The van der Waals surface area contributed by atoms with Crippen molar-refractivity contribution in [3.8, 4) is 11.5 Å². The van der Waals surface area contributed by atoms with Crippen LogP contribution in [-0.4, -0.2) is 33.7 Å². The van der Waals surface area contributed by atoms with Crippen LogP contribution in [0.2, 0.25) is 0 Å². The zero-order valence-electron chi connectivity index (χ0n) is 11.8. The van der Waals surface area contributed by atoms with Gasteiger partial charge in [0.2, 0.25) is 0 Å². The van der Waals surface area contributed by atoms with Crippen LogP contribution in [0.3, 0.4) is 0 Å². The van der Waals surface area contributed by atoms with Crippen molar-refractivity contribution in [2.24, 2.45) is 5.92 Å². The summed E-state index contributed by atoms with van der Waals surface area (Å²) in [5.74, 6) is 0.00832. The second kappa shape index (κ2) is 6.25. The van der Waals surface area contributed by atoms with Gasteiger partial charge < -0.3 is 14.8 Å². The molecule has 0 bridgehead atoms. The highest BCUT2D eigenvalue weighted by molar-refractivity contribution is 5.93. The van der Waals surface area contributed by atoms with Crippen LogP contribution in [0.25, 0.3) is 11.5 Å². The lowest BCUT2D eigenvalue weighted by Gasteiger charge is -2.08. The Morgan fingerprint density at radius 3 is 2.86 bits per heavy atom. The Morgan fingerprint density at radius 1 is 1.48 bits per heavy atom. The van der Waals surface area contributed by atoms with Gasteiger partial charge in [-0.1, -0.05) is 6.92 Å². The Labute approximate surface area is 121 Å². The van der Waals surface area contributed by atoms with Gasteiger partial charge in [-0.2, -0.15) is 5.10 Å². The van der Waals surface area contributed by atoms with Gasteiger partial charge in [0.15, 0.2) is 11.5 Å². The molecule has 0 saturated carbocycles. The SMILES string of the molecule is Cc1ccc(-c2cc(C(=O)NCC(C)CC(=O)O)n[nH]2)o1. The average Bonchev–Trinajstić information content (AvgIpc) is 3.03. The molecule has 7 nitrogen and oxygen atoms in total. The van der Waals surface area contributed by atoms with Crippen LogP contribution < -0.4 is 5.32 Å². The maximum atomic E-state index is 11.9. The molecule has 0 aliphatic heterocycles. The van der Waals surface area contributed by atoms with Crippen LogP contribution in [-0.2, 0) is 4.79 Å². The van der Waals surface area contributed by atoms with Crippen LogP contribution in [0.1, 0.15) is 29.6 Å². The number of H-pyrrole nitrogens is 1. The first-order valence-corrected chi connectivity index (χ1v) is 6.58. The highest BCUT2D eigenvalue weighted by Gasteiger charge is 2.14. The van der Waals surface area contributed by atoms with Gasteiger partial charge in [-0.15, -0.1) is 0 Å². The minimum absolute atomic E-state index is 0.0117. The number of carbonyl (C=O) groups is 2. The van der Waals surface area contributed by atoms with Crippen LogP contribution in [0.15, 0.2) is 22.6 Å². The van der Waals surface area contributed by atoms with E-state index < -0.39 is 5.97 Å². The Kier molecular flexibility index (Phi) is 4.42. The fourth-order valence-electron chi connectivity index (χ4n) is 1.87. The number of aryl methyl sites for hydroxylation is 1. The summed E-state index contributed by atoms with van der Waals surface area (Å²) in [7, 11) is 0. The molecule has 2 rings (SSSR count). The summed E-state index contributed by atoms with van der Waals surface area (Å²) in [6.07, 6.45) is 0.0117. The first-order chi connectivity index (χ1) is 9.95. The Morgan fingerprint density at radius 2 is 2.24 bits per heavy atom. The summed E-state index contributed by atoms with van der Waals surface area (Å²) in [6.45, 7) is 3.88. The van der Waals surface area contributed by atoms with Crippen molar-refractivity contribution in [3.63, 3.8) is 0 Å². The highest BCUT2D eigenvalue weighted by Crippen LogP contribution is 2.20. The molecular formula is C14H17N3O4. The summed E-state index contributed by atoms with van der Waals surface area (Å²) < 4.78 is 5.44. The van der Waals surface area contributed by atoms with E-state index in [9.17, 15) is 9.59 Å². The number of carboxylic acid groups (broad SMARTS) is 1. The maximum absolute atomic E-state index is 11.9. The third-order valence-corrected chi connectivity index (χ3v) is 2.95. The number of hydrogen-bond acceptors (Lipinski definition) is 4. The van der Waals surface area contributed by atoms with Crippen molar-refractivity contribution in [2.75, 3.05) is 6.54 Å². The molecule has 0 spiro atoms. The Hall–Kier alpha value is -2.57. The fraction of sp³-hybridized carbons (Fsp3) is 0.357. The third-order valence-electron chi connectivity index (χ3n) is 2.95. The van der Waals surface area contributed by atoms with Crippen LogP contribution in [0.4, 0.5) is 0 Å². The summed E-state index contributed by atoms with van der Waals surface area (Å²) >= 11 is 0. The first kappa shape index (κ1) is 14.8. The number of aromatic amines is 1. The highest BCUT2D eigenvalue weighted by atomic mass is 16.4. The lowest BCUT2D eigenvalue weighted by Crippen LogP contribution is -2.29. The largest absolute Gasteiger partial charge is 0.481 e. The van der Waals surface area contributed by atoms with E-state index >= 15 is 0 Å². The lowest BCUT2D eigenvalue weighted by atomic mass is 10.1. The van der Waals surface area contributed by atoms with Crippen LogP contribution in [0, 0.1) is 12.8 Å². The maximum Gasteiger partial charge on any atom is 0.303 e. The molecule has 0 saturated heterocycles. The van der Waals surface area contributed by atoms with Crippen LogP contribution in [0.5, 0.6) is 0 Å². The molecule has 0 fully saturated rings. The quantitative estimate of drug-likeness (QED) is 0.752. The molecule has 1 amide bonds. The fourth-order valence-corrected chi connectivity index (χ4v) is 1.87. The zero-order chi connectivity index (χ0) is 15.4. The molecule has 2 aromatic heterocycles. The molecule has 112 valence electrons. The number of carboxylic acids is 1. The molecule has 0 aromatic carbocycles. The van der Waals surface area contributed by atoms with Crippen molar-refractivity contribution in [2.45, 2.75) is 20.3 Å². The normalized spacial score (nSPS) is 12.1. The van der Waals surface area contributed by atoms with E-state index in [0.29, 0.717) is 11.5 Å². The second-order valence-electron chi connectivity index (χ2n) is 4.99. The lowest BCUT2D eigenvalue weighted by molar-refractivity contribution is -0.137. The molecule has 7 heteroatoms. The van der Waals surface area contributed by atoms with Gasteiger partial charge in [0.05, 0.1) is 0 Å². The first-order valence-electron chi connectivity index (χ1n) is 6.58. The van der Waals surface area contributed by atoms with Crippen molar-refractivity contribution < 1.29 is 19.1 Å². The van der Waals surface area contributed by atoms with E-state index in [1.54, 1.807) is 19.1 Å². The average molecular weight is 291 g/mol. The molecule has 2 aromatic rings. The summed E-state index contributed by atoms with van der Waals surface area (Å²) in [5.41, 5.74) is 0.855. The summed E-state index contributed by atoms with van der Waals surface area (Å²) in [6, 6.07) is 5.21. The number of nitrogens with one attached hydrogen (secondary N) is 2. The number of hydrogen-bond donors (Lipinski definition) is 3. The number of furan rings is 1. The van der Waals surface area contributed by atoms with Gasteiger partial charge in [0.25, 0.3) is 5.91 Å². The molecule has 0 aliphatic rings. The van der Waals surface area contributed by atoms with Crippen molar-refractivity contribution in [3.05, 3.63) is 29.7 Å². The van der Waals surface area contributed by atoms with Crippen LogP contribution >= 0.6 is 0 Å². The van der Waals surface area contributed by atoms with Gasteiger partial charge in [-0.05, 0) is 25.0 Å². The van der Waals surface area contributed by atoms with Crippen molar-refractivity contribution >= 4 is 11.9 Å². The predicted molar refractivity (Wildman–Crippen MR) is 74.8 cm³/mol. The number of amides is 1. The smallest absolute Gasteiger partial charge is 0.303 e. The Balaban J connectivity index is 1.94. The van der Waals surface area contributed by atoms with Gasteiger partial charge in [-0.25, -0.2) is 0 Å². The number of carbonyl (C=O) groups excluding carboxylic acids is 1. The van der Waals surface area contributed by atoms with E-state index in [0.717, 1.165) is 5.76 Å². The number of aromatic nitrogens is 2. The number of nitrogens with zero attached hydrogens (tertiary/aromatic N) is 1. The summed E-state index contributed by atoms with van der Waals surface area (Å²) in [4.78, 5) is 22.5. The van der Waals surface area contributed by atoms with E-state index in [2.05, 4.69) is 15.5 Å². The van der Waals surface area contributed by atoms with E-state index in [1.807, 2.05) is 13.0 Å². The van der Waals surface area contributed by atoms with Gasteiger partial charge in [-0.3, -0.25) is 14.7 Å². The van der Waals surface area contributed by atoms with Crippen molar-refractivity contribution in [1.29, 1.82) is 0 Å². The van der Waals surface area contributed by atoms with Gasteiger partial charge in [0.1, 0.15) is 11.5 Å². The molecule has 0 aliphatic carbocycles. The molecule has 1 atom stereocenters. The molecule has 1 unspecified atom stereocenters. The van der Waals surface area contributed by atoms with Gasteiger partial charge in [0, 0.05) is 19.0 Å². The van der Waals surface area contributed by atoms with Crippen molar-refractivity contribution in [1.82, 2.24) is 15.5 Å². The molecule has 3 N–H and O–H groups in total. The molecular weight excluding hydrogens is 274 g/mol.